The third-order valence-corrected chi connectivity index (χ3v) is 5.59. The van der Waals surface area contributed by atoms with Crippen LogP contribution in [-0.4, -0.2) is 62.1 Å². The lowest BCUT2D eigenvalue weighted by atomic mass is 10.2. The highest BCUT2D eigenvalue weighted by Gasteiger charge is 2.18. The minimum Gasteiger partial charge on any atom is -0.378 e. The predicted octanol–water partition coefficient (Wildman–Crippen LogP) is 2.95. The molecule has 6 rings (SSSR count). The number of nitrogens with zero attached hydrogens (tertiary/aromatic N) is 7. The van der Waals surface area contributed by atoms with Gasteiger partial charge in [-0.15, -0.1) is 0 Å². The van der Waals surface area contributed by atoms with Crippen LogP contribution in [0.5, 0.6) is 0 Å². The lowest BCUT2D eigenvalue weighted by molar-refractivity contribution is 0.122. The number of hydrogen-bond acceptors (Lipinski definition) is 8. The Labute approximate surface area is 189 Å². The summed E-state index contributed by atoms with van der Waals surface area (Å²) in [6.07, 6.45) is 8.93. The number of aromatic amines is 1. The van der Waals surface area contributed by atoms with Crippen molar-refractivity contribution >= 4 is 34.5 Å². The van der Waals surface area contributed by atoms with Gasteiger partial charge in [0.05, 0.1) is 25.1 Å². The van der Waals surface area contributed by atoms with Crippen molar-refractivity contribution in [1.82, 2.24) is 29.5 Å². The van der Waals surface area contributed by atoms with E-state index >= 15 is 0 Å². The van der Waals surface area contributed by atoms with Crippen LogP contribution < -0.4 is 10.3 Å². The third-order valence-electron chi connectivity index (χ3n) is 5.59. The Hall–Kier alpha value is -4.31. The molecule has 0 aromatic carbocycles. The average Bonchev–Trinajstić information content (AvgIpc) is 3.49. The Morgan fingerprint density at radius 2 is 1.97 bits per heavy atom. The summed E-state index contributed by atoms with van der Waals surface area (Å²) in [6.45, 7) is 2.93. The zero-order valence-corrected chi connectivity index (χ0v) is 17.7. The number of anilines is 2. The predicted molar refractivity (Wildman–Crippen MR) is 127 cm³/mol. The van der Waals surface area contributed by atoms with Gasteiger partial charge < -0.3 is 14.6 Å². The summed E-state index contributed by atoms with van der Waals surface area (Å²) in [5.74, 6) is 1.58. The first-order valence-corrected chi connectivity index (χ1v) is 10.7. The van der Waals surface area contributed by atoms with Crippen LogP contribution >= 0.6 is 0 Å². The number of nitrogens with one attached hydrogen (secondary N) is 2. The second-order valence-electron chi connectivity index (χ2n) is 7.65. The second kappa shape index (κ2) is 8.32. The molecule has 10 nitrogen and oxygen atoms in total. The van der Waals surface area contributed by atoms with Crippen LogP contribution in [0.25, 0.3) is 27.9 Å². The first kappa shape index (κ1) is 19.4. The summed E-state index contributed by atoms with van der Waals surface area (Å²) in [5, 5.41) is 10.3. The Bertz CT molecular complexity index is 1430. The molecular weight excluding hydrogens is 418 g/mol. The van der Waals surface area contributed by atoms with Gasteiger partial charge >= 0.3 is 0 Å². The lowest BCUT2D eigenvalue weighted by Crippen LogP contribution is -2.37. The molecule has 5 aromatic heterocycles. The van der Waals surface area contributed by atoms with E-state index in [2.05, 4.69) is 30.4 Å². The maximum atomic E-state index is 5.54. The second-order valence-corrected chi connectivity index (χ2v) is 7.65. The summed E-state index contributed by atoms with van der Waals surface area (Å²) in [4.78, 5) is 18.6. The molecule has 10 heteroatoms. The van der Waals surface area contributed by atoms with Gasteiger partial charge in [0.2, 0.25) is 0 Å². The molecule has 33 heavy (non-hydrogen) atoms. The van der Waals surface area contributed by atoms with Gasteiger partial charge in [0, 0.05) is 66.5 Å². The third kappa shape index (κ3) is 3.76. The van der Waals surface area contributed by atoms with Crippen LogP contribution in [0, 0.1) is 0 Å². The van der Waals surface area contributed by atoms with Crippen LogP contribution in [-0.2, 0) is 4.74 Å². The lowest BCUT2D eigenvalue weighted by Gasteiger charge is -2.29. The largest absolute Gasteiger partial charge is 0.378 e. The molecule has 0 saturated carbocycles. The van der Waals surface area contributed by atoms with E-state index in [1.807, 2.05) is 47.1 Å². The van der Waals surface area contributed by atoms with Crippen LogP contribution in [0.2, 0.25) is 0 Å². The van der Waals surface area contributed by atoms with Crippen molar-refractivity contribution in [3.05, 3.63) is 66.7 Å². The van der Waals surface area contributed by atoms with Crippen molar-refractivity contribution in [1.29, 1.82) is 0 Å². The van der Waals surface area contributed by atoms with Crippen molar-refractivity contribution in [2.24, 2.45) is 5.10 Å². The SMILES string of the molecule is C(=N\Nc1cc(N2CCOCC2)n2nc(-c3ccncc3)cc2n1)/c1c[nH]c2ncccc12. The van der Waals surface area contributed by atoms with E-state index in [9.17, 15) is 0 Å². The van der Waals surface area contributed by atoms with Gasteiger partial charge in [-0.2, -0.15) is 14.7 Å². The Balaban J connectivity index is 1.36. The van der Waals surface area contributed by atoms with E-state index in [4.69, 9.17) is 14.8 Å². The summed E-state index contributed by atoms with van der Waals surface area (Å²) < 4.78 is 7.41. The average molecular weight is 439 g/mol. The summed E-state index contributed by atoms with van der Waals surface area (Å²) in [6, 6.07) is 11.7. The minimum absolute atomic E-state index is 0.638. The molecule has 2 N–H and O–H groups in total. The molecule has 1 fully saturated rings. The zero-order chi connectivity index (χ0) is 22.0. The number of H-pyrrole nitrogens is 1. The van der Waals surface area contributed by atoms with E-state index in [-0.39, 0.29) is 0 Å². The number of hydrogen-bond donors (Lipinski definition) is 2. The highest BCUT2D eigenvalue weighted by atomic mass is 16.5. The van der Waals surface area contributed by atoms with E-state index in [0.29, 0.717) is 19.0 Å². The number of ether oxygens (including phenoxy) is 1. The summed E-state index contributed by atoms with van der Waals surface area (Å²) >= 11 is 0. The van der Waals surface area contributed by atoms with Crippen LogP contribution in [0.3, 0.4) is 0 Å². The van der Waals surface area contributed by atoms with Gasteiger partial charge in [-0.1, -0.05) is 0 Å². The highest BCUT2D eigenvalue weighted by molar-refractivity contribution is 5.97. The van der Waals surface area contributed by atoms with E-state index < -0.39 is 0 Å². The van der Waals surface area contributed by atoms with Crippen LogP contribution in [0.15, 0.2) is 66.3 Å². The van der Waals surface area contributed by atoms with Gasteiger partial charge in [0.1, 0.15) is 11.5 Å². The Morgan fingerprint density at radius 3 is 2.85 bits per heavy atom. The van der Waals surface area contributed by atoms with E-state index in [0.717, 1.165) is 52.4 Å². The molecule has 1 aliphatic heterocycles. The normalized spacial score (nSPS) is 14.5. The van der Waals surface area contributed by atoms with Crippen molar-refractivity contribution < 1.29 is 4.74 Å². The molecule has 0 atom stereocenters. The molecular formula is C23H21N9O. The van der Waals surface area contributed by atoms with E-state index in [1.165, 1.54) is 0 Å². The zero-order valence-electron chi connectivity index (χ0n) is 17.7. The van der Waals surface area contributed by atoms with Gasteiger partial charge in [-0.25, -0.2) is 9.97 Å². The molecule has 0 spiro atoms. The number of aromatic nitrogens is 6. The molecule has 0 bridgehead atoms. The fourth-order valence-electron chi connectivity index (χ4n) is 3.95. The molecule has 6 heterocycles. The monoisotopic (exact) mass is 439 g/mol. The smallest absolute Gasteiger partial charge is 0.160 e. The molecule has 1 saturated heterocycles. The minimum atomic E-state index is 0.638. The molecule has 1 aliphatic rings. The maximum Gasteiger partial charge on any atom is 0.160 e. The Kier molecular flexibility index (Phi) is 4.89. The first-order chi connectivity index (χ1) is 16.3. The number of hydrazone groups is 1. The van der Waals surface area contributed by atoms with Gasteiger partial charge in [0.15, 0.2) is 11.5 Å². The van der Waals surface area contributed by atoms with Gasteiger partial charge in [0.25, 0.3) is 0 Å². The van der Waals surface area contributed by atoms with Crippen molar-refractivity contribution in [3.8, 4) is 11.3 Å². The van der Waals surface area contributed by atoms with Crippen molar-refractivity contribution in [2.75, 3.05) is 36.6 Å². The highest BCUT2D eigenvalue weighted by Crippen LogP contribution is 2.25. The van der Waals surface area contributed by atoms with Crippen molar-refractivity contribution in [2.45, 2.75) is 0 Å². The molecule has 0 aliphatic carbocycles. The molecule has 0 amide bonds. The summed E-state index contributed by atoms with van der Waals surface area (Å²) in [7, 11) is 0. The fourth-order valence-corrected chi connectivity index (χ4v) is 3.95. The van der Waals surface area contributed by atoms with Gasteiger partial charge in [-0.05, 0) is 24.3 Å². The number of rotatable bonds is 5. The fraction of sp³-hybridized carbons (Fsp3) is 0.174. The topological polar surface area (TPSA) is 109 Å². The Morgan fingerprint density at radius 1 is 1.09 bits per heavy atom. The number of morpholine rings is 1. The quantitative estimate of drug-likeness (QED) is 0.320. The van der Waals surface area contributed by atoms with Crippen LogP contribution in [0.1, 0.15) is 5.56 Å². The molecule has 164 valence electrons. The van der Waals surface area contributed by atoms with Crippen molar-refractivity contribution in [3.63, 3.8) is 0 Å². The van der Waals surface area contributed by atoms with E-state index in [1.54, 1.807) is 24.8 Å². The number of pyridine rings is 2. The maximum absolute atomic E-state index is 5.54. The first-order valence-electron chi connectivity index (χ1n) is 10.7. The molecule has 0 radical (unpaired) electrons. The summed E-state index contributed by atoms with van der Waals surface area (Å²) in [5.41, 5.74) is 7.43. The van der Waals surface area contributed by atoms with Crippen LogP contribution in [0.4, 0.5) is 11.6 Å². The standard InChI is InChI=1S/C23H21N9O/c1-2-18-17(14-26-23(18)25-5-1)15-27-29-20-13-22(31-8-10-33-11-9-31)32-21(28-20)12-19(30-32)16-3-6-24-7-4-16/h1-7,12-15H,8-11H2,(H,25,26)(H,28,29)/b27-15+. The molecule has 5 aromatic rings. The van der Waals surface area contributed by atoms with Gasteiger partial charge in [-0.3, -0.25) is 10.4 Å². The number of fused-ring (bicyclic) bond motifs is 2. The molecule has 0 unspecified atom stereocenters.